The SMILES string of the molecule is Cc1ccc(OCc2cc(F)cc(C#N)c2)c([C@@H](C)O)c1. The number of hydrogen-bond acceptors (Lipinski definition) is 3. The maximum Gasteiger partial charge on any atom is 0.125 e. The number of aliphatic hydroxyl groups excluding tert-OH is 1. The Hall–Kier alpha value is -2.38. The van der Waals surface area contributed by atoms with Gasteiger partial charge < -0.3 is 9.84 Å². The highest BCUT2D eigenvalue weighted by Gasteiger charge is 2.10. The summed E-state index contributed by atoms with van der Waals surface area (Å²) in [7, 11) is 0. The zero-order valence-corrected chi connectivity index (χ0v) is 11.9. The Morgan fingerprint density at radius 3 is 2.71 bits per heavy atom. The molecule has 2 rings (SSSR count). The van der Waals surface area contributed by atoms with Gasteiger partial charge in [0.15, 0.2) is 0 Å². The Morgan fingerprint density at radius 2 is 2.05 bits per heavy atom. The molecule has 0 saturated heterocycles. The molecule has 0 fully saturated rings. The molecule has 0 aliphatic carbocycles. The van der Waals surface area contributed by atoms with Gasteiger partial charge in [0.2, 0.25) is 0 Å². The predicted molar refractivity (Wildman–Crippen MR) is 77.3 cm³/mol. The van der Waals surface area contributed by atoms with Crippen molar-refractivity contribution < 1.29 is 14.2 Å². The molecule has 0 spiro atoms. The van der Waals surface area contributed by atoms with Crippen molar-refractivity contribution in [1.82, 2.24) is 0 Å². The Labute approximate surface area is 123 Å². The Balaban J connectivity index is 2.21. The van der Waals surface area contributed by atoms with E-state index in [0.29, 0.717) is 16.9 Å². The molecule has 0 aliphatic heterocycles. The van der Waals surface area contributed by atoms with Crippen LogP contribution >= 0.6 is 0 Å². The molecule has 0 aliphatic rings. The minimum Gasteiger partial charge on any atom is -0.489 e. The molecule has 0 aromatic heterocycles. The molecular weight excluding hydrogens is 269 g/mol. The minimum atomic E-state index is -0.651. The number of hydrogen-bond donors (Lipinski definition) is 1. The molecule has 0 heterocycles. The quantitative estimate of drug-likeness (QED) is 0.933. The summed E-state index contributed by atoms with van der Waals surface area (Å²) in [5.74, 6) is 0.0886. The lowest BCUT2D eigenvalue weighted by Crippen LogP contribution is -2.02. The summed E-state index contributed by atoms with van der Waals surface area (Å²) in [6.07, 6.45) is -0.651. The summed E-state index contributed by atoms with van der Waals surface area (Å²) in [6.45, 7) is 3.73. The van der Waals surface area contributed by atoms with Gasteiger partial charge >= 0.3 is 0 Å². The zero-order valence-electron chi connectivity index (χ0n) is 11.9. The molecule has 0 amide bonds. The van der Waals surface area contributed by atoms with E-state index >= 15 is 0 Å². The first-order valence-electron chi connectivity index (χ1n) is 6.60. The molecule has 21 heavy (non-hydrogen) atoms. The standard InChI is InChI=1S/C17H16FNO2/c1-11-3-4-17(16(5-11)12(2)20)21-10-14-6-13(9-19)7-15(18)8-14/h3-8,12,20H,10H2,1-2H3/t12-/m1/s1. The second-order valence-electron chi connectivity index (χ2n) is 4.97. The highest BCUT2D eigenvalue weighted by molar-refractivity contribution is 5.39. The maximum atomic E-state index is 13.4. The average molecular weight is 285 g/mol. The largest absolute Gasteiger partial charge is 0.489 e. The molecule has 2 aromatic carbocycles. The molecule has 1 N–H and O–H groups in total. The van der Waals surface area contributed by atoms with Gasteiger partial charge in [-0.3, -0.25) is 0 Å². The summed E-state index contributed by atoms with van der Waals surface area (Å²) in [5.41, 5.74) is 2.54. The van der Waals surface area contributed by atoms with Crippen LogP contribution in [0.25, 0.3) is 0 Å². The average Bonchev–Trinajstić information content (AvgIpc) is 2.45. The number of ether oxygens (including phenoxy) is 1. The van der Waals surface area contributed by atoms with Gasteiger partial charge in [0.05, 0.1) is 17.7 Å². The van der Waals surface area contributed by atoms with Gasteiger partial charge in [-0.25, -0.2) is 4.39 Å². The lowest BCUT2D eigenvalue weighted by molar-refractivity contribution is 0.190. The van der Waals surface area contributed by atoms with Crippen LogP contribution in [0.3, 0.4) is 0 Å². The third-order valence-electron chi connectivity index (χ3n) is 3.10. The predicted octanol–water partition coefficient (Wildman–Crippen LogP) is 3.64. The van der Waals surface area contributed by atoms with E-state index in [0.717, 1.165) is 5.56 Å². The number of aliphatic hydroxyl groups is 1. The third kappa shape index (κ3) is 3.80. The monoisotopic (exact) mass is 285 g/mol. The molecule has 3 nitrogen and oxygen atoms in total. The van der Waals surface area contributed by atoms with Crippen molar-refractivity contribution in [2.75, 3.05) is 0 Å². The van der Waals surface area contributed by atoms with E-state index in [9.17, 15) is 9.50 Å². The first-order valence-corrected chi connectivity index (χ1v) is 6.60. The second kappa shape index (κ2) is 6.38. The lowest BCUT2D eigenvalue weighted by atomic mass is 10.1. The lowest BCUT2D eigenvalue weighted by Gasteiger charge is -2.14. The van der Waals surface area contributed by atoms with Gasteiger partial charge in [-0.2, -0.15) is 5.26 Å². The van der Waals surface area contributed by atoms with Crippen LogP contribution in [0.5, 0.6) is 5.75 Å². The Bertz CT molecular complexity index is 690. The van der Waals surface area contributed by atoms with Crippen molar-refractivity contribution >= 4 is 0 Å². The summed E-state index contributed by atoms with van der Waals surface area (Å²) < 4.78 is 19.0. The number of nitriles is 1. The van der Waals surface area contributed by atoms with E-state index < -0.39 is 11.9 Å². The molecule has 1 atom stereocenters. The van der Waals surface area contributed by atoms with E-state index in [2.05, 4.69) is 0 Å². The van der Waals surface area contributed by atoms with E-state index in [1.54, 1.807) is 19.1 Å². The van der Waals surface area contributed by atoms with Crippen molar-refractivity contribution in [3.05, 3.63) is 64.5 Å². The first kappa shape index (κ1) is 15.0. The van der Waals surface area contributed by atoms with Crippen LogP contribution < -0.4 is 4.74 Å². The van der Waals surface area contributed by atoms with Crippen LogP contribution in [0, 0.1) is 24.1 Å². The zero-order chi connectivity index (χ0) is 15.4. The van der Waals surface area contributed by atoms with E-state index in [1.165, 1.54) is 12.1 Å². The molecule has 0 bridgehead atoms. The van der Waals surface area contributed by atoms with Crippen molar-refractivity contribution in [1.29, 1.82) is 5.26 Å². The highest BCUT2D eigenvalue weighted by Crippen LogP contribution is 2.27. The topological polar surface area (TPSA) is 53.2 Å². The molecule has 0 radical (unpaired) electrons. The Kier molecular flexibility index (Phi) is 4.56. The molecule has 0 saturated carbocycles. The van der Waals surface area contributed by atoms with E-state index in [-0.39, 0.29) is 12.2 Å². The smallest absolute Gasteiger partial charge is 0.125 e. The Morgan fingerprint density at radius 1 is 1.29 bits per heavy atom. The van der Waals surface area contributed by atoms with Crippen LogP contribution in [0.15, 0.2) is 36.4 Å². The molecule has 0 unspecified atom stereocenters. The van der Waals surface area contributed by atoms with Crippen molar-refractivity contribution in [2.24, 2.45) is 0 Å². The second-order valence-corrected chi connectivity index (χ2v) is 4.97. The normalized spacial score (nSPS) is 11.8. The fourth-order valence-corrected chi connectivity index (χ4v) is 2.09. The molecule has 4 heteroatoms. The van der Waals surface area contributed by atoms with Gasteiger partial charge in [-0.1, -0.05) is 11.6 Å². The van der Waals surface area contributed by atoms with Crippen molar-refractivity contribution in [3.63, 3.8) is 0 Å². The van der Waals surface area contributed by atoms with Crippen LogP contribution in [-0.4, -0.2) is 5.11 Å². The van der Waals surface area contributed by atoms with Gasteiger partial charge in [-0.15, -0.1) is 0 Å². The number of rotatable bonds is 4. The summed E-state index contributed by atoms with van der Waals surface area (Å²) in [4.78, 5) is 0. The van der Waals surface area contributed by atoms with E-state index in [1.807, 2.05) is 25.1 Å². The minimum absolute atomic E-state index is 0.134. The van der Waals surface area contributed by atoms with Gasteiger partial charge in [-0.05, 0) is 49.7 Å². The van der Waals surface area contributed by atoms with Gasteiger partial charge in [0.1, 0.15) is 18.2 Å². The summed E-state index contributed by atoms with van der Waals surface area (Å²) in [5, 5.41) is 18.6. The van der Waals surface area contributed by atoms with Gasteiger partial charge in [0, 0.05) is 5.56 Å². The van der Waals surface area contributed by atoms with Crippen molar-refractivity contribution in [2.45, 2.75) is 26.6 Å². The molecule has 2 aromatic rings. The van der Waals surface area contributed by atoms with E-state index in [4.69, 9.17) is 10.00 Å². The fraction of sp³-hybridized carbons (Fsp3) is 0.235. The number of nitrogens with zero attached hydrogens (tertiary/aromatic N) is 1. The molecular formula is C17H16FNO2. The van der Waals surface area contributed by atoms with Crippen LogP contribution in [0.1, 0.15) is 35.3 Å². The molecule has 108 valence electrons. The summed E-state index contributed by atoms with van der Waals surface area (Å²) in [6, 6.07) is 11.5. The van der Waals surface area contributed by atoms with Crippen LogP contribution in [0.2, 0.25) is 0 Å². The highest BCUT2D eigenvalue weighted by atomic mass is 19.1. The maximum absolute atomic E-state index is 13.4. The van der Waals surface area contributed by atoms with Gasteiger partial charge in [0.25, 0.3) is 0 Å². The van der Waals surface area contributed by atoms with Crippen molar-refractivity contribution in [3.8, 4) is 11.8 Å². The fourth-order valence-electron chi connectivity index (χ4n) is 2.09. The number of benzene rings is 2. The number of halogens is 1. The first-order chi connectivity index (χ1) is 9.99. The third-order valence-corrected chi connectivity index (χ3v) is 3.10. The van der Waals surface area contributed by atoms with Crippen LogP contribution in [-0.2, 0) is 6.61 Å². The number of aryl methyl sites for hydroxylation is 1. The summed E-state index contributed by atoms with van der Waals surface area (Å²) >= 11 is 0. The van der Waals surface area contributed by atoms with Crippen LogP contribution in [0.4, 0.5) is 4.39 Å².